The Morgan fingerprint density at radius 2 is 0.541 bits per heavy atom. The molecule has 0 bridgehead atoms. The fourth-order valence-electron chi connectivity index (χ4n) is 11.3. The Balaban J connectivity index is 6.08. The molecule has 0 saturated heterocycles. The summed E-state index contributed by atoms with van der Waals surface area (Å²) in [7, 11) is 0. The summed E-state index contributed by atoms with van der Waals surface area (Å²) in [4.78, 5) is 97.7. The Labute approximate surface area is 520 Å². The van der Waals surface area contributed by atoms with Crippen LogP contribution in [0.4, 0.5) is 0 Å². The van der Waals surface area contributed by atoms with Crippen LogP contribution in [-0.2, 0) is 33.6 Å². The first-order chi connectivity index (χ1) is 40.8. The number of carbonyl (C=O) groups is 7. The first-order valence-corrected chi connectivity index (χ1v) is 35.3. The molecule has 7 amide bonds. The number of unbranched alkanes of at least 4 members (excludes halogenated alkanes) is 28. The Bertz CT molecular complexity index is 1680. The average Bonchev–Trinajstić information content (AvgIpc) is 3.52. The maximum atomic E-state index is 14.4. The van der Waals surface area contributed by atoms with E-state index in [-0.39, 0.29) is 54.7 Å². The predicted octanol–water partition coefficient (Wildman–Crippen LogP) is 12.8. The Morgan fingerprint density at radius 1 is 0.282 bits per heavy atom. The molecule has 0 fully saturated rings. The summed E-state index contributed by atoms with van der Waals surface area (Å²) in [6, 6.07) is -5.84. The largest absolute Gasteiger partial charge is 0.355 e. The van der Waals surface area contributed by atoms with Crippen molar-refractivity contribution in [2.24, 2.45) is 35.1 Å². The highest BCUT2D eigenvalue weighted by molar-refractivity contribution is 5.97. The summed E-state index contributed by atoms with van der Waals surface area (Å²) in [5.74, 6) is -3.26. The number of amides is 7. The summed E-state index contributed by atoms with van der Waals surface area (Å²) in [6.45, 7) is 20.8. The SMILES string of the molecule is CCCCCCCCCCCCCCCCC(CCCCCCCCCCCCCCCC)C(=O)N[C@@H](CCCCN)C(=O)N[C@@H](CC(C)C)C(=O)N[C@@H](C)C(=O)N[C@@H](CC(C)C)C(=O)N[C@@H](CCCCN)C(=O)N[C@@H](CC(C)C)C(=O)NCC. The third-order valence-corrected chi connectivity index (χ3v) is 16.5. The molecule has 0 saturated carbocycles. The zero-order valence-corrected chi connectivity index (χ0v) is 56.5. The second kappa shape index (κ2) is 54.4. The van der Waals surface area contributed by atoms with Crippen molar-refractivity contribution >= 4 is 41.4 Å². The molecule has 0 rings (SSSR count). The minimum absolute atomic E-state index is 0.0131. The number of rotatable bonds is 58. The normalized spacial score (nSPS) is 13.7. The van der Waals surface area contributed by atoms with Crippen molar-refractivity contribution in [1.29, 1.82) is 0 Å². The van der Waals surface area contributed by atoms with E-state index in [1.54, 1.807) is 6.92 Å². The number of carbonyl (C=O) groups excluding carboxylic acids is 7. The molecule has 0 aromatic heterocycles. The average molecular weight is 1200 g/mol. The smallest absolute Gasteiger partial charge is 0.243 e. The van der Waals surface area contributed by atoms with Crippen molar-refractivity contribution in [3.63, 3.8) is 0 Å². The molecule has 0 unspecified atom stereocenters. The van der Waals surface area contributed by atoms with Crippen LogP contribution in [0.3, 0.4) is 0 Å². The van der Waals surface area contributed by atoms with Gasteiger partial charge in [-0.3, -0.25) is 33.6 Å². The second-order valence-corrected chi connectivity index (χ2v) is 26.4. The van der Waals surface area contributed by atoms with Crippen molar-refractivity contribution in [1.82, 2.24) is 37.2 Å². The van der Waals surface area contributed by atoms with Crippen molar-refractivity contribution in [3.05, 3.63) is 0 Å². The van der Waals surface area contributed by atoms with Gasteiger partial charge >= 0.3 is 0 Å². The van der Waals surface area contributed by atoms with E-state index < -0.39 is 65.8 Å². The van der Waals surface area contributed by atoms with E-state index in [1.165, 1.54) is 161 Å². The first kappa shape index (κ1) is 81.2. The van der Waals surface area contributed by atoms with Crippen LogP contribution < -0.4 is 48.7 Å². The first-order valence-electron chi connectivity index (χ1n) is 35.3. The summed E-state index contributed by atoms with van der Waals surface area (Å²) in [5, 5.41) is 20.3. The van der Waals surface area contributed by atoms with Crippen LogP contribution in [0.25, 0.3) is 0 Å². The monoisotopic (exact) mass is 1200 g/mol. The zero-order chi connectivity index (χ0) is 63.5. The minimum atomic E-state index is -1.11. The van der Waals surface area contributed by atoms with Gasteiger partial charge in [0.2, 0.25) is 41.4 Å². The van der Waals surface area contributed by atoms with Crippen LogP contribution >= 0.6 is 0 Å². The van der Waals surface area contributed by atoms with E-state index in [4.69, 9.17) is 11.5 Å². The highest BCUT2D eigenvalue weighted by atomic mass is 16.2. The molecule has 85 heavy (non-hydrogen) atoms. The molecule has 0 aliphatic carbocycles. The minimum Gasteiger partial charge on any atom is -0.355 e. The summed E-state index contributed by atoms with van der Waals surface area (Å²) in [6.07, 6.45) is 41.1. The molecule has 498 valence electrons. The van der Waals surface area contributed by atoms with Crippen LogP contribution in [0.2, 0.25) is 0 Å². The van der Waals surface area contributed by atoms with E-state index >= 15 is 0 Å². The molecule has 0 spiro atoms. The standard InChI is InChI=1S/C69H135N9O7/c1-11-14-16-18-20-22-24-26-28-30-32-34-36-38-44-57(45-39-37-35-33-31-29-27-25-23-21-19-17-15-12-2)64(80)74-58(46-40-42-48-70)66(82)78-61(51-54(6)7)68(84)73-56(10)63(79)76-62(52-55(8)9)69(85)75-59(47-41-43-49-71)67(83)77-60(50-53(4)5)65(81)72-13-3/h53-62H,11-52,70-71H2,1-10H3,(H,72,81)(H,73,84)(H,74,80)(H,75,85)(H,76,79)(H,77,83)(H,78,82)/t56-,58-,59-,60-,61-,62-/m0/s1. The van der Waals surface area contributed by atoms with Gasteiger partial charge in [0, 0.05) is 12.5 Å². The third kappa shape index (κ3) is 44.3. The number of hydrogen-bond donors (Lipinski definition) is 9. The third-order valence-electron chi connectivity index (χ3n) is 16.5. The molecule has 0 heterocycles. The number of nitrogens with two attached hydrogens (primary N) is 2. The molecule has 0 aromatic carbocycles. The van der Waals surface area contributed by atoms with Gasteiger partial charge in [0.15, 0.2) is 0 Å². The van der Waals surface area contributed by atoms with Crippen LogP contribution in [0.5, 0.6) is 0 Å². The van der Waals surface area contributed by atoms with Crippen LogP contribution in [0.1, 0.15) is 320 Å². The van der Waals surface area contributed by atoms with Crippen LogP contribution in [0.15, 0.2) is 0 Å². The molecule has 0 aliphatic heterocycles. The van der Waals surface area contributed by atoms with E-state index in [9.17, 15) is 33.6 Å². The zero-order valence-electron chi connectivity index (χ0n) is 56.5. The van der Waals surface area contributed by atoms with E-state index in [0.717, 1.165) is 38.5 Å². The fraction of sp³-hybridized carbons (Fsp3) is 0.899. The van der Waals surface area contributed by atoms with E-state index in [2.05, 4.69) is 51.1 Å². The van der Waals surface area contributed by atoms with Gasteiger partial charge < -0.3 is 48.7 Å². The summed E-state index contributed by atoms with van der Waals surface area (Å²) < 4.78 is 0. The molecule has 0 radical (unpaired) electrons. The molecule has 16 nitrogen and oxygen atoms in total. The molecule has 0 aromatic rings. The highest BCUT2D eigenvalue weighted by Gasteiger charge is 2.34. The molecular weight excluding hydrogens is 1070 g/mol. The van der Waals surface area contributed by atoms with Gasteiger partial charge in [-0.15, -0.1) is 0 Å². The van der Waals surface area contributed by atoms with Crippen molar-refractivity contribution in [3.8, 4) is 0 Å². The summed E-state index contributed by atoms with van der Waals surface area (Å²) in [5.41, 5.74) is 11.7. The van der Waals surface area contributed by atoms with Crippen molar-refractivity contribution in [2.45, 2.75) is 356 Å². The van der Waals surface area contributed by atoms with Gasteiger partial charge in [0.05, 0.1) is 0 Å². The molecule has 11 N–H and O–H groups in total. The lowest BCUT2D eigenvalue weighted by atomic mass is 9.92. The van der Waals surface area contributed by atoms with Gasteiger partial charge in [-0.1, -0.05) is 235 Å². The molecule has 0 aliphatic rings. The topological polar surface area (TPSA) is 256 Å². The number of hydrogen-bond acceptors (Lipinski definition) is 9. The van der Waals surface area contributed by atoms with E-state index in [0.29, 0.717) is 58.2 Å². The van der Waals surface area contributed by atoms with Gasteiger partial charge in [-0.25, -0.2) is 0 Å². The van der Waals surface area contributed by atoms with Crippen LogP contribution in [0, 0.1) is 23.7 Å². The maximum Gasteiger partial charge on any atom is 0.243 e. The number of nitrogens with one attached hydrogen (secondary N) is 7. The highest BCUT2D eigenvalue weighted by Crippen LogP contribution is 2.22. The molecule has 16 heteroatoms. The van der Waals surface area contributed by atoms with Gasteiger partial charge in [0.1, 0.15) is 36.3 Å². The van der Waals surface area contributed by atoms with Crippen molar-refractivity contribution < 1.29 is 33.6 Å². The maximum absolute atomic E-state index is 14.4. The quantitative estimate of drug-likeness (QED) is 0.0262. The van der Waals surface area contributed by atoms with Gasteiger partial charge in [-0.2, -0.15) is 0 Å². The lowest BCUT2D eigenvalue weighted by molar-refractivity contribution is -0.136. The van der Waals surface area contributed by atoms with Crippen LogP contribution in [-0.4, -0.2) is 97.2 Å². The lowest BCUT2D eigenvalue weighted by Crippen LogP contribution is -2.59. The fourth-order valence-corrected chi connectivity index (χ4v) is 11.3. The predicted molar refractivity (Wildman–Crippen MR) is 353 cm³/mol. The second-order valence-electron chi connectivity index (χ2n) is 26.4. The Kier molecular flexibility index (Phi) is 51.9. The Morgan fingerprint density at radius 3 is 0.859 bits per heavy atom. The molecule has 6 atom stereocenters. The van der Waals surface area contributed by atoms with Crippen molar-refractivity contribution in [2.75, 3.05) is 19.6 Å². The number of likely N-dealkylation sites (N-methyl/N-ethyl adjacent to an activating group) is 1. The van der Waals surface area contributed by atoms with Gasteiger partial charge in [0.25, 0.3) is 0 Å². The Hall–Kier alpha value is -3.79. The van der Waals surface area contributed by atoms with E-state index in [1.807, 2.05) is 41.5 Å². The lowest BCUT2D eigenvalue weighted by Gasteiger charge is -2.28. The molecular formula is C69H135N9O7. The summed E-state index contributed by atoms with van der Waals surface area (Å²) >= 11 is 0. The van der Waals surface area contributed by atoms with Gasteiger partial charge in [-0.05, 0) is 115 Å².